The number of sulfonamides is 1. The zero-order valence-electron chi connectivity index (χ0n) is 12.9. The fourth-order valence-electron chi connectivity index (χ4n) is 3.01. The molecule has 0 radical (unpaired) electrons. The molecule has 5 nitrogen and oxygen atoms in total. The summed E-state index contributed by atoms with van der Waals surface area (Å²) in [5.74, 6) is 0. The number of hydrogen-bond donors (Lipinski definition) is 1. The lowest BCUT2D eigenvalue weighted by Gasteiger charge is -2.32. The molecular formula is C15H24N2O3S. The fraction of sp³-hybridized carbons (Fsp3) is 0.600. The summed E-state index contributed by atoms with van der Waals surface area (Å²) in [6.45, 7) is 7.11. The average Bonchev–Trinajstić information content (AvgIpc) is 2.37. The molecule has 2 rings (SSSR count). The Kier molecular flexibility index (Phi) is 4.91. The van der Waals surface area contributed by atoms with E-state index in [1.165, 1.54) is 0 Å². The number of rotatable bonds is 4. The van der Waals surface area contributed by atoms with Crippen LogP contribution in [0.5, 0.6) is 0 Å². The highest BCUT2D eigenvalue weighted by Gasteiger charge is 2.32. The van der Waals surface area contributed by atoms with E-state index in [4.69, 9.17) is 10.5 Å². The summed E-state index contributed by atoms with van der Waals surface area (Å²) < 4.78 is 33.0. The lowest BCUT2D eigenvalue weighted by atomic mass is 10.1. The number of piperidine rings is 1. The molecule has 1 fully saturated rings. The first-order valence-electron chi connectivity index (χ1n) is 7.34. The predicted molar refractivity (Wildman–Crippen MR) is 83.7 cm³/mol. The molecule has 0 aromatic heterocycles. The van der Waals surface area contributed by atoms with E-state index < -0.39 is 10.0 Å². The maximum Gasteiger partial charge on any atom is 0.243 e. The molecule has 0 saturated carbocycles. The van der Waals surface area contributed by atoms with Crippen LogP contribution in [0.25, 0.3) is 0 Å². The molecule has 0 amide bonds. The molecule has 0 aliphatic carbocycles. The summed E-state index contributed by atoms with van der Waals surface area (Å²) in [5.41, 5.74) is 7.78. The van der Waals surface area contributed by atoms with Crippen molar-refractivity contribution >= 4 is 15.7 Å². The van der Waals surface area contributed by atoms with E-state index in [0.29, 0.717) is 41.4 Å². The summed E-state index contributed by atoms with van der Waals surface area (Å²) >= 11 is 0. The highest BCUT2D eigenvalue weighted by molar-refractivity contribution is 7.89. The minimum Gasteiger partial charge on any atom is -0.399 e. The maximum atomic E-state index is 12.9. The van der Waals surface area contributed by atoms with E-state index >= 15 is 0 Å². The summed E-state index contributed by atoms with van der Waals surface area (Å²) in [6.07, 6.45) is 1.74. The summed E-state index contributed by atoms with van der Waals surface area (Å²) in [5, 5.41) is 0. The van der Waals surface area contributed by atoms with Gasteiger partial charge in [0.25, 0.3) is 0 Å². The molecule has 0 bridgehead atoms. The first-order chi connectivity index (χ1) is 9.86. The molecule has 1 unspecified atom stereocenters. The Hall–Kier alpha value is -1.11. The second kappa shape index (κ2) is 6.34. The molecule has 1 saturated heterocycles. The Morgan fingerprint density at radius 1 is 1.33 bits per heavy atom. The van der Waals surface area contributed by atoms with Crippen molar-refractivity contribution in [3.8, 4) is 0 Å². The van der Waals surface area contributed by atoms with Gasteiger partial charge >= 0.3 is 0 Å². The SMILES string of the molecule is CCOC1CCCN(S(=O)(=O)c2c(C)cc(N)cc2C)C1. The summed E-state index contributed by atoms with van der Waals surface area (Å²) in [4.78, 5) is 0.383. The molecule has 1 aliphatic heterocycles. The van der Waals surface area contributed by atoms with E-state index in [0.717, 1.165) is 12.8 Å². The van der Waals surface area contributed by atoms with Crippen LogP contribution in [0.3, 0.4) is 0 Å². The number of anilines is 1. The number of hydrogen-bond acceptors (Lipinski definition) is 4. The van der Waals surface area contributed by atoms with Crippen LogP contribution in [-0.4, -0.2) is 38.5 Å². The van der Waals surface area contributed by atoms with Gasteiger partial charge in [-0.2, -0.15) is 4.31 Å². The number of nitrogens with zero attached hydrogens (tertiary/aromatic N) is 1. The van der Waals surface area contributed by atoms with Crippen molar-refractivity contribution < 1.29 is 13.2 Å². The minimum atomic E-state index is -3.49. The van der Waals surface area contributed by atoms with Crippen LogP contribution >= 0.6 is 0 Å². The Morgan fingerprint density at radius 2 is 1.95 bits per heavy atom. The smallest absolute Gasteiger partial charge is 0.243 e. The highest BCUT2D eigenvalue weighted by atomic mass is 32.2. The highest BCUT2D eigenvalue weighted by Crippen LogP contribution is 2.28. The van der Waals surface area contributed by atoms with Crippen molar-refractivity contribution in [2.24, 2.45) is 0 Å². The fourth-order valence-corrected chi connectivity index (χ4v) is 4.94. The zero-order valence-corrected chi connectivity index (χ0v) is 13.7. The molecular weight excluding hydrogens is 288 g/mol. The van der Waals surface area contributed by atoms with Crippen LogP contribution in [0.1, 0.15) is 30.9 Å². The first-order valence-corrected chi connectivity index (χ1v) is 8.78. The molecule has 2 N–H and O–H groups in total. The molecule has 1 aromatic rings. The quantitative estimate of drug-likeness (QED) is 0.864. The van der Waals surface area contributed by atoms with Crippen molar-refractivity contribution in [3.63, 3.8) is 0 Å². The first kappa shape index (κ1) is 16.3. The maximum absolute atomic E-state index is 12.9. The number of aryl methyl sites for hydroxylation is 2. The number of ether oxygens (including phenoxy) is 1. The average molecular weight is 312 g/mol. The van der Waals surface area contributed by atoms with Crippen molar-refractivity contribution in [2.75, 3.05) is 25.4 Å². The van der Waals surface area contributed by atoms with Crippen LogP contribution in [-0.2, 0) is 14.8 Å². The molecule has 1 atom stereocenters. The van der Waals surface area contributed by atoms with Crippen LogP contribution < -0.4 is 5.73 Å². The Labute approximate surface area is 127 Å². The number of nitrogens with two attached hydrogens (primary N) is 1. The van der Waals surface area contributed by atoms with E-state index in [2.05, 4.69) is 0 Å². The monoisotopic (exact) mass is 312 g/mol. The third kappa shape index (κ3) is 3.39. The van der Waals surface area contributed by atoms with Gasteiger partial charge in [-0.25, -0.2) is 8.42 Å². The van der Waals surface area contributed by atoms with Crippen LogP contribution in [0.2, 0.25) is 0 Å². The number of benzene rings is 1. The van der Waals surface area contributed by atoms with Gasteiger partial charge in [-0.15, -0.1) is 0 Å². The minimum absolute atomic E-state index is 0.00656. The standard InChI is InChI=1S/C15H24N2O3S/c1-4-20-14-6-5-7-17(10-14)21(18,19)15-11(2)8-13(16)9-12(15)3/h8-9,14H,4-7,10,16H2,1-3H3. The van der Waals surface area contributed by atoms with E-state index in [9.17, 15) is 8.42 Å². The van der Waals surface area contributed by atoms with Gasteiger partial charge in [0.15, 0.2) is 0 Å². The molecule has 0 spiro atoms. The largest absolute Gasteiger partial charge is 0.399 e. The van der Waals surface area contributed by atoms with Crippen molar-refractivity contribution in [1.29, 1.82) is 0 Å². The lowest BCUT2D eigenvalue weighted by molar-refractivity contribution is 0.0265. The van der Waals surface area contributed by atoms with Crippen molar-refractivity contribution in [2.45, 2.75) is 44.6 Å². The van der Waals surface area contributed by atoms with E-state index in [-0.39, 0.29) is 6.10 Å². The van der Waals surface area contributed by atoms with Crippen molar-refractivity contribution in [3.05, 3.63) is 23.3 Å². The summed E-state index contributed by atoms with van der Waals surface area (Å²) in [6, 6.07) is 3.42. The predicted octanol–water partition coefficient (Wildman–Crippen LogP) is 2.08. The molecule has 6 heteroatoms. The lowest BCUT2D eigenvalue weighted by Crippen LogP contribution is -2.43. The molecule has 1 aliphatic rings. The Balaban J connectivity index is 2.34. The topological polar surface area (TPSA) is 72.6 Å². The van der Waals surface area contributed by atoms with Crippen LogP contribution in [0.4, 0.5) is 5.69 Å². The summed E-state index contributed by atoms with van der Waals surface area (Å²) in [7, 11) is -3.49. The molecule has 1 aromatic carbocycles. The van der Waals surface area contributed by atoms with Crippen LogP contribution in [0, 0.1) is 13.8 Å². The van der Waals surface area contributed by atoms with Gasteiger partial charge in [0, 0.05) is 25.4 Å². The van der Waals surface area contributed by atoms with Gasteiger partial charge in [-0.1, -0.05) is 0 Å². The third-order valence-corrected chi connectivity index (χ3v) is 6.00. The Morgan fingerprint density at radius 3 is 2.52 bits per heavy atom. The molecule has 1 heterocycles. The number of nitrogen functional groups attached to an aromatic ring is 1. The van der Waals surface area contributed by atoms with Gasteiger partial charge in [0.1, 0.15) is 0 Å². The Bertz CT molecular complexity index is 588. The van der Waals surface area contributed by atoms with Gasteiger partial charge in [0.05, 0.1) is 11.0 Å². The molecule has 21 heavy (non-hydrogen) atoms. The van der Waals surface area contributed by atoms with E-state index in [1.807, 2.05) is 6.92 Å². The third-order valence-electron chi connectivity index (χ3n) is 3.82. The van der Waals surface area contributed by atoms with Gasteiger partial charge < -0.3 is 10.5 Å². The van der Waals surface area contributed by atoms with Gasteiger partial charge in [0.2, 0.25) is 10.0 Å². The zero-order chi connectivity index (χ0) is 15.6. The van der Waals surface area contributed by atoms with Gasteiger partial charge in [-0.05, 0) is 56.9 Å². The van der Waals surface area contributed by atoms with Crippen LogP contribution in [0.15, 0.2) is 17.0 Å². The van der Waals surface area contributed by atoms with Crippen molar-refractivity contribution in [1.82, 2.24) is 4.31 Å². The van der Waals surface area contributed by atoms with Gasteiger partial charge in [-0.3, -0.25) is 0 Å². The van der Waals surface area contributed by atoms with E-state index in [1.54, 1.807) is 30.3 Å². The normalized spacial score (nSPS) is 20.6. The second-order valence-corrected chi connectivity index (χ2v) is 7.44. The molecule has 118 valence electrons. The second-order valence-electron chi connectivity index (χ2n) is 5.57.